The Balaban J connectivity index is 1.69. The molecule has 6 heteroatoms. The summed E-state index contributed by atoms with van der Waals surface area (Å²) in [5.41, 5.74) is 1.48. The summed E-state index contributed by atoms with van der Waals surface area (Å²) in [4.78, 5) is 12.0. The lowest BCUT2D eigenvalue weighted by atomic mass is 9.82. The fraction of sp³-hybridized carbons (Fsp3) is 0.286. The number of benzene rings is 3. The molecule has 0 saturated heterocycles. The molecule has 0 amide bonds. The van der Waals surface area contributed by atoms with E-state index in [1.807, 2.05) is 30.3 Å². The molecule has 1 saturated carbocycles. The van der Waals surface area contributed by atoms with Crippen LogP contribution in [0.4, 0.5) is 4.79 Å². The van der Waals surface area contributed by atoms with Gasteiger partial charge in [-0.15, -0.1) is 0 Å². The minimum absolute atomic E-state index is 0.186. The van der Waals surface area contributed by atoms with Gasteiger partial charge in [-0.3, -0.25) is 0 Å². The second kappa shape index (κ2) is 8.44. The van der Waals surface area contributed by atoms with E-state index in [0.717, 1.165) is 28.6 Å². The van der Waals surface area contributed by atoms with Crippen LogP contribution in [0, 0.1) is 0 Å². The molecule has 1 heterocycles. The number of rotatable bonds is 5. The Hall–Kier alpha value is -3.38. The van der Waals surface area contributed by atoms with Gasteiger partial charge in [0.1, 0.15) is 5.75 Å². The van der Waals surface area contributed by atoms with Crippen molar-refractivity contribution >= 4 is 35.7 Å². The minimum Gasteiger partial charge on any atom is -0.534 e. The van der Waals surface area contributed by atoms with E-state index in [9.17, 15) is 9.90 Å². The quantitative estimate of drug-likeness (QED) is 0.376. The van der Waals surface area contributed by atoms with Crippen LogP contribution in [0.25, 0.3) is 10.9 Å². The van der Waals surface area contributed by atoms with Gasteiger partial charge >= 0.3 is 14.4 Å². The number of carboxylic acid groups (broad SMARTS) is 1. The minimum atomic E-state index is -2.81. The lowest BCUT2D eigenvalue weighted by molar-refractivity contribution is 0.193. The van der Waals surface area contributed by atoms with Crippen LogP contribution < -0.4 is 14.8 Å². The topological polar surface area (TPSA) is 64.4 Å². The highest BCUT2D eigenvalue weighted by Crippen LogP contribution is 2.41. The van der Waals surface area contributed by atoms with Crippen LogP contribution >= 0.6 is 0 Å². The molecule has 0 aliphatic heterocycles. The van der Waals surface area contributed by atoms with Crippen LogP contribution in [-0.2, 0) is 0 Å². The first-order valence-corrected chi connectivity index (χ1v) is 13.8. The highest BCUT2D eigenvalue weighted by atomic mass is 28.4. The predicted molar refractivity (Wildman–Crippen MR) is 138 cm³/mol. The Labute approximate surface area is 201 Å². The van der Waals surface area contributed by atoms with Gasteiger partial charge in [0.2, 0.25) is 0 Å². The van der Waals surface area contributed by atoms with Gasteiger partial charge in [0.25, 0.3) is 0 Å². The summed E-state index contributed by atoms with van der Waals surface area (Å²) in [6, 6.07) is 26.7. The standard InChI is InChI=1S/C28H30N2O3Si/c1-28(2,3)34(22-13-6-4-7-14-22,23-15-8-5-9-16-23)33-21-17-18-24-25(19-21)30(27(31)32)29-26(24)20-11-10-12-20/h4-9,13-20H,10-12H2,1-3H3,(H,31,32). The molecule has 5 rings (SSSR count). The van der Waals surface area contributed by atoms with Crippen molar-refractivity contribution in [3.05, 3.63) is 84.6 Å². The Morgan fingerprint density at radius 3 is 2.03 bits per heavy atom. The number of carbonyl (C=O) groups is 1. The van der Waals surface area contributed by atoms with Crippen LogP contribution in [0.15, 0.2) is 78.9 Å². The molecular formula is C28H30N2O3Si. The molecule has 0 radical (unpaired) electrons. The highest BCUT2D eigenvalue weighted by Gasteiger charge is 2.52. The van der Waals surface area contributed by atoms with E-state index in [-0.39, 0.29) is 5.04 Å². The van der Waals surface area contributed by atoms with Crippen LogP contribution in [0.5, 0.6) is 5.75 Å². The molecule has 1 aromatic heterocycles. The van der Waals surface area contributed by atoms with Gasteiger partial charge in [-0.2, -0.15) is 9.78 Å². The summed E-state index contributed by atoms with van der Waals surface area (Å²) in [6.45, 7) is 6.69. The molecule has 1 aliphatic rings. The first-order valence-electron chi connectivity index (χ1n) is 11.9. The fourth-order valence-electron chi connectivity index (χ4n) is 5.14. The average Bonchev–Trinajstić information content (AvgIpc) is 3.15. The van der Waals surface area contributed by atoms with Gasteiger partial charge < -0.3 is 9.53 Å². The van der Waals surface area contributed by atoms with Crippen molar-refractivity contribution in [1.29, 1.82) is 0 Å². The summed E-state index contributed by atoms with van der Waals surface area (Å²) in [6.07, 6.45) is 2.22. The maximum Gasteiger partial charge on any atom is 0.432 e. The molecule has 34 heavy (non-hydrogen) atoms. The summed E-state index contributed by atoms with van der Waals surface area (Å²) < 4.78 is 8.21. The number of hydrogen-bond donors (Lipinski definition) is 1. The lowest BCUT2D eigenvalue weighted by Crippen LogP contribution is -2.68. The van der Waals surface area contributed by atoms with Gasteiger partial charge in [0, 0.05) is 17.4 Å². The van der Waals surface area contributed by atoms with Crippen LogP contribution in [-0.4, -0.2) is 29.3 Å². The zero-order valence-electron chi connectivity index (χ0n) is 19.9. The van der Waals surface area contributed by atoms with Gasteiger partial charge in [-0.25, -0.2) is 4.79 Å². The zero-order chi connectivity index (χ0) is 23.9. The second-order valence-electron chi connectivity index (χ2n) is 10.2. The fourth-order valence-corrected chi connectivity index (χ4v) is 9.55. The third-order valence-electron chi connectivity index (χ3n) is 7.04. The van der Waals surface area contributed by atoms with E-state index in [4.69, 9.17) is 4.43 Å². The second-order valence-corrected chi connectivity index (χ2v) is 14.4. The van der Waals surface area contributed by atoms with Gasteiger partial charge in [-0.05, 0) is 40.4 Å². The van der Waals surface area contributed by atoms with E-state index < -0.39 is 14.4 Å². The number of nitrogens with zero attached hydrogens (tertiary/aromatic N) is 2. The molecule has 1 aliphatic carbocycles. The van der Waals surface area contributed by atoms with Crippen LogP contribution in [0.1, 0.15) is 51.6 Å². The largest absolute Gasteiger partial charge is 0.534 e. The van der Waals surface area contributed by atoms with Crippen molar-refractivity contribution in [2.75, 3.05) is 0 Å². The molecule has 0 bridgehead atoms. The molecule has 0 spiro atoms. The first-order chi connectivity index (χ1) is 16.3. The molecule has 3 aromatic carbocycles. The Morgan fingerprint density at radius 1 is 0.971 bits per heavy atom. The van der Waals surface area contributed by atoms with E-state index in [0.29, 0.717) is 17.2 Å². The van der Waals surface area contributed by atoms with Gasteiger partial charge in [-0.1, -0.05) is 87.9 Å². The highest BCUT2D eigenvalue weighted by molar-refractivity contribution is 7.00. The van der Waals surface area contributed by atoms with Gasteiger partial charge in [0.15, 0.2) is 0 Å². The molecule has 4 aromatic rings. The smallest absolute Gasteiger partial charge is 0.432 e. The summed E-state index contributed by atoms with van der Waals surface area (Å²) in [5.74, 6) is 1.01. The van der Waals surface area contributed by atoms with E-state index in [1.165, 1.54) is 16.8 Å². The normalized spacial score (nSPS) is 14.7. The van der Waals surface area contributed by atoms with Crippen molar-refractivity contribution in [3.63, 3.8) is 0 Å². The molecular weight excluding hydrogens is 440 g/mol. The maximum atomic E-state index is 12.0. The molecule has 174 valence electrons. The third kappa shape index (κ3) is 3.62. The molecule has 1 N–H and O–H groups in total. The Morgan fingerprint density at radius 2 is 1.56 bits per heavy atom. The summed E-state index contributed by atoms with van der Waals surface area (Å²) >= 11 is 0. The lowest BCUT2D eigenvalue weighted by Gasteiger charge is -2.43. The number of aromatic nitrogens is 2. The van der Waals surface area contributed by atoms with Crippen molar-refractivity contribution in [2.24, 2.45) is 0 Å². The summed E-state index contributed by atoms with van der Waals surface area (Å²) in [7, 11) is -2.81. The molecule has 0 unspecified atom stereocenters. The molecule has 1 fully saturated rings. The van der Waals surface area contributed by atoms with E-state index in [1.54, 1.807) is 0 Å². The predicted octanol–water partition coefficient (Wildman–Crippen LogP) is 5.77. The Kier molecular flexibility index (Phi) is 5.56. The molecule has 5 nitrogen and oxygen atoms in total. The van der Waals surface area contributed by atoms with E-state index >= 15 is 0 Å². The molecule has 0 atom stereocenters. The third-order valence-corrected chi connectivity index (χ3v) is 12.0. The SMILES string of the molecule is CC(C)(C)[Si](Oc1ccc2c(C3CCC3)nn(C(=O)O)c2c1)(c1ccccc1)c1ccccc1. The Bertz CT molecular complexity index is 1280. The van der Waals surface area contributed by atoms with Crippen LogP contribution in [0.3, 0.4) is 0 Å². The maximum absolute atomic E-state index is 12.0. The van der Waals surface area contributed by atoms with Crippen molar-refractivity contribution in [2.45, 2.75) is 51.0 Å². The number of fused-ring (bicyclic) bond motifs is 1. The van der Waals surface area contributed by atoms with Crippen LogP contribution in [0.2, 0.25) is 5.04 Å². The zero-order valence-corrected chi connectivity index (χ0v) is 20.9. The summed E-state index contributed by atoms with van der Waals surface area (Å²) in [5, 5.41) is 17.4. The van der Waals surface area contributed by atoms with Crippen molar-refractivity contribution in [3.8, 4) is 5.75 Å². The monoisotopic (exact) mass is 470 g/mol. The van der Waals surface area contributed by atoms with E-state index in [2.05, 4.69) is 74.4 Å². The first kappa shape index (κ1) is 22.4. The number of hydrogen-bond acceptors (Lipinski definition) is 3. The van der Waals surface area contributed by atoms with Crippen molar-refractivity contribution < 1.29 is 14.3 Å². The van der Waals surface area contributed by atoms with Crippen molar-refractivity contribution in [1.82, 2.24) is 9.78 Å². The average molecular weight is 471 g/mol. The van der Waals surface area contributed by atoms with Gasteiger partial charge in [0.05, 0.1) is 11.2 Å².